The second-order valence-corrected chi connectivity index (χ2v) is 10.1. The Labute approximate surface area is 223 Å². The molecule has 0 aromatic heterocycles. The van der Waals surface area contributed by atoms with Crippen LogP contribution in [-0.4, -0.2) is 35.4 Å². The zero-order valence-corrected chi connectivity index (χ0v) is 23.0. The highest BCUT2D eigenvalue weighted by atomic mass is 79.9. The maximum absolute atomic E-state index is 13.6. The van der Waals surface area contributed by atoms with E-state index in [-0.39, 0.29) is 24.5 Å². The Kier molecular flexibility index (Phi) is 10.1. The molecule has 0 saturated carbocycles. The SMILES string of the molecule is CCc1ccc(OCC(=O)N(Cc2ccc(C)cc2)C(Cc2ccccc2)C(=O)NC(C)C)c(Br)c1. The highest BCUT2D eigenvalue weighted by molar-refractivity contribution is 9.10. The van der Waals surface area contributed by atoms with Gasteiger partial charge in [0.1, 0.15) is 11.8 Å². The van der Waals surface area contributed by atoms with Gasteiger partial charge in [0.2, 0.25) is 5.91 Å². The van der Waals surface area contributed by atoms with E-state index in [0.29, 0.717) is 18.7 Å². The Balaban J connectivity index is 1.90. The normalized spacial score (nSPS) is 11.7. The number of nitrogens with one attached hydrogen (secondary N) is 1. The van der Waals surface area contributed by atoms with Gasteiger partial charge in [-0.05, 0) is 71.9 Å². The van der Waals surface area contributed by atoms with E-state index < -0.39 is 6.04 Å². The average Bonchev–Trinajstić information content (AvgIpc) is 2.86. The Hall–Kier alpha value is -3.12. The van der Waals surface area contributed by atoms with E-state index in [1.807, 2.05) is 93.6 Å². The zero-order chi connectivity index (χ0) is 26.1. The van der Waals surface area contributed by atoms with E-state index >= 15 is 0 Å². The summed E-state index contributed by atoms with van der Waals surface area (Å²) < 4.78 is 6.73. The minimum atomic E-state index is -0.682. The molecule has 5 nitrogen and oxygen atoms in total. The topological polar surface area (TPSA) is 58.6 Å². The lowest BCUT2D eigenvalue weighted by molar-refractivity contribution is -0.143. The molecule has 3 rings (SSSR count). The minimum absolute atomic E-state index is 0.0450. The standard InChI is InChI=1S/C30H35BrN2O3/c1-5-23-15-16-28(26(31)17-23)36-20-29(34)33(19-25-13-11-22(4)12-14-25)27(30(35)32-21(2)3)18-24-9-7-6-8-10-24/h6-17,21,27H,5,18-20H2,1-4H3,(H,32,35). The molecule has 36 heavy (non-hydrogen) atoms. The van der Waals surface area contributed by atoms with Crippen molar-refractivity contribution in [3.05, 3.63) is 99.5 Å². The van der Waals surface area contributed by atoms with Crippen LogP contribution in [0.4, 0.5) is 0 Å². The second kappa shape index (κ2) is 13.3. The van der Waals surface area contributed by atoms with E-state index in [0.717, 1.165) is 27.6 Å². The van der Waals surface area contributed by atoms with E-state index in [1.54, 1.807) is 4.90 Å². The summed E-state index contributed by atoms with van der Waals surface area (Å²) in [6.45, 7) is 8.09. The van der Waals surface area contributed by atoms with Gasteiger partial charge in [-0.15, -0.1) is 0 Å². The molecular formula is C30H35BrN2O3. The number of aryl methyl sites for hydroxylation is 2. The van der Waals surface area contributed by atoms with Gasteiger partial charge in [0.25, 0.3) is 5.91 Å². The molecule has 0 saturated heterocycles. The quantitative estimate of drug-likeness (QED) is 0.325. The van der Waals surface area contributed by atoms with Gasteiger partial charge in [-0.1, -0.05) is 73.2 Å². The van der Waals surface area contributed by atoms with Gasteiger partial charge in [-0.2, -0.15) is 0 Å². The maximum atomic E-state index is 13.6. The monoisotopic (exact) mass is 550 g/mol. The number of amides is 2. The van der Waals surface area contributed by atoms with Crippen molar-refractivity contribution < 1.29 is 14.3 Å². The third kappa shape index (κ3) is 7.95. The number of carbonyl (C=O) groups is 2. The van der Waals surface area contributed by atoms with Gasteiger partial charge in [0, 0.05) is 19.0 Å². The van der Waals surface area contributed by atoms with Crippen molar-refractivity contribution in [2.24, 2.45) is 0 Å². The summed E-state index contributed by atoms with van der Waals surface area (Å²) in [5.41, 5.74) is 4.26. The van der Waals surface area contributed by atoms with E-state index in [4.69, 9.17) is 4.74 Å². The van der Waals surface area contributed by atoms with Gasteiger partial charge >= 0.3 is 0 Å². The van der Waals surface area contributed by atoms with Gasteiger partial charge in [0.05, 0.1) is 4.47 Å². The summed E-state index contributed by atoms with van der Waals surface area (Å²) in [6.07, 6.45) is 1.32. The number of nitrogens with zero attached hydrogens (tertiary/aromatic N) is 1. The molecule has 0 heterocycles. The van der Waals surface area contributed by atoms with Crippen molar-refractivity contribution in [2.75, 3.05) is 6.61 Å². The van der Waals surface area contributed by atoms with E-state index in [9.17, 15) is 9.59 Å². The number of benzene rings is 3. The molecule has 1 unspecified atom stereocenters. The Morgan fingerprint density at radius 2 is 1.61 bits per heavy atom. The lowest BCUT2D eigenvalue weighted by Crippen LogP contribution is -2.52. The maximum Gasteiger partial charge on any atom is 0.261 e. The molecule has 190 valence electrons. The molecule has 3 aromatic carbocycles. The largest absolute Gasteiger partial charge is 0.483 e. The predicted octanol–water partition coefficient (Wildman–Crippen LogP) is 5.86. The Morgan fingerprint density at radius 1 is 0.944 bits per heavy atom. The summed E-state index contributed by atoms with van der Waals surface area (Å²) in [7, 11) is 0. The molecule has 1 atom stereocenters. The van der Waals surface area contributed by atoms with Gasteiger partial charge in [-0.25, -0.2) is 0 Å². The number of hydrogen-bond donors (Lipinski definition) is 1. The Bertz CT molecular complexity index is 1150. The van der Waals surface area contributed by atoms with Crippen LogP contribution in [0.25, 0.3) is 0 Å². The highest BCUT2D eigenvalue weighted by Gasteiger charge is 2.31. The molecule has 0 aliphatic heterocycles. The first-order valence-electron chi connectivity index (χ1n) is 12.4. The Morgan fingerprint density at radius 3 is 2.22 bits per heavy atom. The van der Waals surface area contributed by atoms with Crippen LogP contribution in [-0.2, 0) is 29.0 Å². The number of ether oxygens (including phenoxy) is 1. The highest BCUT2D eigenvalue weighted by Crippen LogP contribution is 2.26. The third-order valence-corrected chi connectivity index (χ3v) is 6.55. The van der Waals surface area contributed by atoms with Gasteiger partial charge in [0.15, 0.2) is 6.61 Å². The lowest BCUT2D eigenvalue weighted by atomic mass is 10.0. The summed E-state index contributed by atoms with van der Waals surface area (Å²) in [5, 5.41) is 3.01. The van der Waals surface area contributed by atoms with Crippen molar-refractivity contribution in [2.45, 2.75) is 59.2 Å². The minimum Gasteiger partial charge on any atom is -0.483 e. The van der Waals surface area contributed by atoms with Crippen molar-refractivity contribution in [3.63, 3.8) is 0 Å². The average molecular weight is 552 g/mol. The molecule has 1 N–H and O–H groups in total. The molecule has 0 aliphatic carbocycles. The van der Waals surface area contributed by atoms with Crippen LogP contribution in [0.3, 0.4) is 0 Å². The molecule has 2 amide bonds. The van der Waals surface area contributed by atoms with Crippen molar-refractivity contribution in [1.29, 1.82) is 0 Å². The first kappa shape index (κ1) is 27.5. The van der Waals surface area contributed by atoms with Crippen LogP contribution in [0, 0.1) is 6.92 Å². The van der Waals surface area contributed by atoms with Crippen LogP contribution < -0.4 is 10.1 Å². The fraction of sp³-hybridized carbons (Fsp3) is 0.333. The fourth-order valence-corrected chi connectivity index (χ4v) is 4.47. The van der Waals surface area contributed by atoms with Crippen LogP contribution in [0.2, 0.25) is 0 Å². The lowest BCUT2D eigenvalue weighted by Gasteiger charge is -2.32. The third-order valence-electron chi connectivity index (χ3n) is 5.93. The second-order valence-electron chi connectivity index (χ2n) is 9.28. The molecule has 6 heteroatoms. The summed E-state index contributed by atoms with van der Waals surface area (Å²) >= 11 is 3.55. The van der Waals surface area contributed by atoms with Crippen molar-refractivity contribution in [3.8, 4) is 5.75 Å². The molecule has 0 bridgehead atoms. The molecule has 0 spiro atoms. The van der Waals surface area contributed by atoms with Crippen LogP contribution in [0.5, 0.6) is 5.75 Å². The van der Waals surface area contributed by atoms with Crippen LogP contribution >= 0.6 is 15.9 Å². The van der Waals surface area contributed by atoms with Crippen molar-refractivity contribution >= 4 is 27.7 Å². The molecule has 3 aromatic rings. The number of rotatable bonds is 11. The number of halogens is 1. The van der Waals surface area contributed by atoms with Gasteiger partial charge in [-0.3, -0.25) is 9.59 Å². The van der Waals surface area contributed by atoms with Crippen LogP contribution in [0.1, 0.15) is 43.0 Å². The molecule has 0 aliphatic rings. The van der Waals surface area contributed by atoms with Gasteiger partial charge < -0.3 is 15.0 Å². The molecular weight excluding hydrogens is 516 g/mol. The van der Waals surface area contributed by atoms with Crippen LogP contribution in [0.15, 0.2) is 77.3 Å². The number of hydrogen-bond acceptors (Lipinski definition) is 3. The van der Waals surface area contributed by atoms with E-state index in [1.165, 1.54) is 5.56 Å². The summed E-state index contributed by atoms with van der Waals surface area (Å²) in [6, 6.07) is 22.9. The predicted molar refractivity (Wildman–Crippen MR) is 148 cm³/mol. The molecule has 0 radical (unpaired) electrons. The smallest absolute Gasteiger partial charge is 0.261 e. The molecule has 0 fully saturated rings. The number of carbonyl (C=O) groups excluding carboxylic acids is 2. The fourth-order valence-electron chi connectivity index (χ4n) is 3.93. The van der Waals surface area contributed by atoms with Crippen molar-refractivity contribution in [1.82, 2.24) is 10.2 Å². The first-order chi connectivity index (χ1) is 17.3. The first-order valence-corrected chi connectivity index (χ1v) is 13.2. The summed E-state index contributed by atoms with van der Waals surface area (Å²) in [5.74, 6) is 0.173. The summed E-state index contributed by atoms with van der Waals surface area (Å²) in [4.78, 5) is 28.7. The zero-order valence-electron chi connectivity index (χ0n) is 21.5. The van der Waals surface area contributed by atoms with E-state index in [2.05, 4.69) is 28.2 Å².